The molecule has 0 saturated carbocycles. The predicted octanol–water partition coefficient (Wildman–Crippen LogP) is 1.14. The van der Waals surface area contributed by atoms with Crippen LogP contribution >= 0.6 is 11.8 Å². The predicted molar refractivity (Wildman–Crippen MR) is 134 cm³/mol. The molecular weight excluding hydrogens is 468 g/mol. The molecule has 3 aromatic rings. The Morgan fingerprint density at radius 2 is 1.91 bits per heavy atom. The molecule has 0 atom stereocenters. The standard InChI is InChI=1S/C25H28N4O5S/c1-17-3-6-19(7-4-17)26-22(30)16-35-25-27-21-15-18(24(32)33-2)5-8-20(21)23(31)29(25)10-9-28-11-13-34-14-12-28/h3-8,15H,9-14,16H2,1-2H3,(H,26,30)/p+1. The fourth-order valence-corrected chi connectivity index (χ4v) is 4.72. The van der Waals surface area contributed by atoms with Crippen LogP contribution in [0.1, 0.15) is 15.9 Å². The Bertz CT molecular complexity index is 1270. The molecule has 9 nitrogen and oxygen atoms in total. The van der Waals surface area contributed by atoms with Crippen LogP contribution in [0.15, 0.2) is 52.4 Å². The zero-order valence-electron chi connectivity index (χ0n) is 19.8. The van der Waals surface area contributed by atoms with Crippen molar-refractivity contribution in [2.24, 2.45) is 0 Å². The lowest BCUT2D eigenvalue weighted by molar-refractivity contribution is -0.908. The number of aromatic nitrogens is 2. The van der Waals surface area contributed by atoms with Crippen LogP contribution in [0, 0.1) is 6.92 Å². The van der Waals surface area contributed by atoms with Crippen LogP contribution in [0.25, 0.3) is 10.9 Å². The van der Waals surface area contributed by atoms with Crippen molar-refractivity contribution in [3.05, 3.63) is 63.9 Å². The number of hydrogen-bond acceptors (Lipinski definition) is 7. The number of thioether (sulfide) groups is 1. The van der Waals surface area contributed by atoms with E-state index in [9.17, 15) is 14.4 Å². The zero-order valence-corrected chi connectivity index (χ0v) is 20.7. The molecule has 35 heavy (non-hydrogen) atoms. The van der Waals surface area contributed by atoms with Crippen molar-refractivity contribution in [1.82, 2.24) is 9.55 Å². The van der Waals surface area contributed by atoms with Gasteiger partial charge in [0.25, 0.3) is 5.56 Å². The topological polar surface area (TPSA) is 104 Å². The second-order valence-corrected chi connectivity index (χ2v) is 9.33. The first-order valence-electron chi connectivity index (χ1n) is 11.5. The van der Waals surface area contributed by atoms with Crippen LogP contribution in [0.2, 0.25) is 0 Å². The number of benzene rings is 2. The van der Waals surface area contributed by atoms with E-state index in [2.05, 4.69) is 10.3 Å². The van der Waals surface area contributed by atoms with Gasteiger partial charge in [0.15, 0.2) is 5.16 Å². The van der Waals surface area contributed by atoms with Gasteiger partial charge in [-0.3, -0.25) is 14.2 Å². The van der Waals surface area contributed by atoms with Crippen LogP contribution in [0.4, 0.5) is 5.69 Å². The molecule has 0 radical (unpaired) electrons. The molecule has 1 fully saturated rings. The summed E-state index contributed by atoms with van der Waals surface area (Å²) in [5.41, 5.74) is 2.34. The monoisotopic (exact) mass is 497 g/mol. The highest BCUT2D eigenvalue weighted by atomic mass is 32.2. The number of quaternary nitrogens is 1. The van der Waals surface area contributed by atoms with Gasteiger partial charge in [-0.05, 0) is 37.3 Å². The van der Waals surface area contributed by atoms with Gasteiger partial charge in [-0.15, -0.1) is 0 Å². The van der Waals surface area contributed by atoms with Gasteiger partial charge in [0.1, 0.15) is 13.1 Å². The van der Waals surface area contributed by atoms with E-state index in [1.165, 1.54) is 23.8 Å². The lowest BCUT2D eigenvalue weighted by Crippen LogP contribution is -3.14. The average molecular weight is 498 g/mol. The highest BCUT2D eigenvalue weighted by Gasteiger charge is 2.19. The largest absolute Gasteiger partial charge is 0.465 e. The number of morpholine rings is 1. The minimum absolute atomic E-state index is 0.0902. The van der Waals surface area contributed by atoms with Gasteiger partial charge in [0, 0.05) is 5.69 Å². The van der Waals surface area contributed by atoms with Crippen molar-refractivity contribution >= 4 is 40.2 Å². The number of fused-ring (bicyclic) bond motifs is 1. The number of nitrogens with one attached hydrogen (secondary N) is 2. The SMILES string of the molecule is COC(=O)c1ccc2c(=O)n(CC[NH+]3CCOCC3)c(SCC(=O)Nc3ccc(C)cc3)nc2c1. The van der Waals surface area contributed by atoms with E-state index >= 15 is 0 Å². The van der Waals surface area contributed by atoms with Gasteiger partial charge >= 0.3 is 5.97 Å². The minimum atomic E-state index is -0.500. The first-order chi connectivity index (χ1) is 16.9. The third-order valence-electron chi connectivity index (χ3n) is 5.90. The number of esters is 1. The van der Waals surface area contributed by atoms with Crippen molar-refractivity contribution in [3.63, 3.8) is 0 Å². The van der Waals surface area contributed by atoms with E-state index in [0.717, 1.165) is 25.2 Å². The Morgan fingerprint density at radius 1 is 1.17 bits per heavy atom. The van der Waals surface area contributed by atoms with Gasteiger partial charge in [0.05, 0.1) is 55.6 Å². The third kappa shape index (κ3) is 6.27. The highest BCUT2D eigenvalue weighted by Crippen LogP contribution is 2.20. The summed E-state index contributed by atoms with van der Waals surface area (Å²) < 4.78 is 11.9. The van der Waals surface area contributed by atoms with Crippen LogP contribution < -0.4 is 15.8 Å². The van der Waals surface area contributed by atoms with Gasteiger partial charge < -0.3 is 19.7 Å². The molecule has 0 spiro atoms. The van der Waals surface area contributed by atoms with E-state index in [1.54, 1.807) is 22.8 Å². The van der Waals surface area contributed by atoms with E-state index < -0.39 is 5.97 Å². The number of nitrogens with zero attached hydrogens (tertiary/aromatic N) is 2. The summed E-state index contributed by atoms with van der Waals surface area (Å²) >= 11 is 1.20. The maximum atomic E-state index is 13.4. The van der Waals surface area contributed by atoms with Crippen LogP contribution in [-0.2, 0) is 20.8 Å². The number of methoxy groups -OCH3 is 1. The van der Waals surface area contributed by atoms with E-state index in [-0.39, 0.29) is 17.2 Å². The number of amides is 1. The van der Waals surface area contributed by atoms with Gasteiger partial charge in [0.2, 0.25) is 5.91 Å². The quantitative estimate of drug-likeness (QED) is 0.273. The summed E-state index contributed by atoms with van der Waals surface area (Å²) in [6, 6.07) is 12.3. The number of aryl methyl sites for hydroxylation is 1. The normalized spacial score (nSPS) is 14.1. The van der Waals surface area contributed by atoms with Gasteiger partial charge in [-0.1, -0.05) is 29.5 Å². The molecule has 1 aromatic heterocycles. The molecule has 0 aliphatic carbocycles. The van der Waals surface area contributed by atoms with Crippen LogP contribution in [0.5, 0.6) is 0 Å². The number of rotatable bonds is 8. The number of carbonyl (C=O) groups is 2. The lowest BCUT2D eigenvalue weighted by Gasteiger charge is -2.24. The summed E-state index contributed by atoms with van der Waals surface area (Å²) in [5, 5.41) is 3.73. The van der Waals surface area contributed by atoms with E-state index in [0.29, 0.717) is 47.1 Å². The Balaban J connectivity index is 1.59. The molecule has 1 aliphatic heterocycles. The number of hydrogen-bond donors (Lipinski definition) is 2. The molecule has 4 rings (SSSR count). The fraction of sp³-hybridized carbons (Fsp3) is 0.360. The Hall–Kier alpha value is -3.21. The number of anilines is 1. The molecule has 1 aliphatic rings. The van der Waals surface area contributed by atoms with Crippen molar-refractivity contribution in [2.45, 2.75) is 18.6 Å². The summed E-state index contributed by atoms with van der Waals surface area (Å²) in [6.07, 6.45) is 0. The molecule has 2 heterocycles. The Labute approximate surface area is 207 Å². The molecule has 2 N–H and O–H groups in total. The van der Waals surface area contributed by atoms with Crippen LogP contribution in [-0.4, -0.2) is 67.1 Å². The molecule has 10 heteroatoms. The highest BCUT2D eigenvalue weighted by molar-refractivity contribution is 7.99. The summed E-state index contributed by atoms with van der Waals surface area (Å²) in [5.74, 6) is -0.602. The number of ether oxygens (including phenoxy) is 2. The third-order valence-corrected chi connectivity index (χ3v) is 6.87. The van der Waals surface area contributed by atoms with Gasteiger partial charge in [-0.25, -0.2) is 9.78 Å². The second kappa shape index (κ2) is 11.5. The Morgan fingerprint density at radius 3 is 2.63 bits per heavy atom. The van der Waals surface area contributed by atoms with Gasteiger partial charge in [-0.2, -0.15) is 0 Å². The van der Waals surface area contributed by atoms with Crippen molar-refractivity contribution in [1.29, 1.82) is 0 Å². The summed E-state index contributed by atoms with van der Waals surface area (Å²) in [6.45, 7) is 6.39. The zero-order chi connectivity index (χ0) is 24.8. The van der Waals surface area contributed by atoms with Crippen molar-refractivity contribution in [2.75, 3.05) is 51.0 Å². The van der Waals surface area contributed by atoms with Crippen molar-refractivity contribution in [3.8, 4) is 0 Å². The van der Waals surface area contributed by atoms with E-state index in [4.69, 9.17) is 9.47 Å². The van der Waals surface area contributed by atoms with Crippen LogP contribution in [0.3, 0.4) is 0 Å². The summed E-state index contributed by atoms with van der Waals surface area (Å²) in [7, 11) is 1.31. The summed E-state index contributed by atoms with van der Waals surface area (Å²) in [4.78, 5) is 44.0. The molecular formula is C25H29N4O5S+. The maximum Gasteiger partial charge on any atom is 0.337 e. The molecule has 184 valence electrons. The maximum absolute atomic E-state index is 13.4. The van der Waals surface area contributed by atoms with E-state index in [1.807, 2.05) is 31.2 Å². The van der Waals surface area contributed by atoms with Crippen molar-refractivity contribution < 1.29 is 24.0 Å². The average Bonchev–Trinajstić information content (AvgIpc) is 2.88. The lowest BCUT2D eigenvalue weighted by atomic mass is 10.1. The fourth-order valence-electron chi connectivity index (χ4n) is 3.90. The molecule has 0 bridgehead atoms. The first-order valence-corrected chi connectivity index (χ1v) is 12.5. The Kier molecular flexibility index (Phi) is 8.17. The first kappa shape index (κ1) is 24.9. The molecule has 0 unspecified atom stereocenters. The smallest absolute Gasteiger partial charge is 0.337 e. The molecule has 2 aromatic carbocycles. The molecule has 1 saturated heterocycles. The number of carbonyl (C=O) groups excluding carboxylic acids is 2. The molecule has 1 amide bonds. The second-order valence-electron chi connectivity index (χ2n) is 8.39. The minimum Gasteiger partial charge on any atom is -0.465 e.